The highest BCUT2D eigenvalue weighted by molar-refractivity contribution is 7.80. The van der Waals surface area contributed by atoms with Crippen LogP contribution in [0.1, 0.15) is 19.4 Å². The van der Waals surface area contributed by atoms with E-state index >= 15 is 0 Å². The molecular weight excluding hydrogens is 232 g/mol. The molecule has 0 radical (unpaired) electrons. The Morgan fingerprint density at radius 3 is 2.71 bits per heavy atom. The van der Waals surface area contributed by atoms with E-state index in [1.165, 1.54) is 5.56 Å². The Bertz CT molecular complexity index is 391. The molecule has 0 bridgehead atoms. The highest BCUT2D eigenvalue weighted by Crippen LogP contribution is 2.24. The highest BCUT2D eigenvalue weighted by Gasteiger charge is 2.05. The van der Waals surface area contributed by atoms with Crippen LogP contribution in [0.25, 0.3) is 0 Å². The van der Waals surface area contributed by atoms with Gasteiger partial charge in [-0.05, 0) is 42.8 Å². The smallest absolute Gasteiger partial charge is 0.170 e. The van der Waals surface area contributed by atoms with Crippen molar-refractivity contribution in [3.8, 4) is 5.75 Å². The first-order valence-corrected chi connectivity index (χ1v) is 6.13. The average Bonchev–Trinajstić information content (AvgIpc) is 2.27. The van der Waals surface area contributed by atoms with Crippen LogP contribution in [0.5, 0.6) is 5.75 Å². The number of hydrogen-bond donors (Lipinski definition) is 2. The second kappa shape index (κ2) is 6.45. The van der Waals surface area contributed by atoms with Crippen LogP contribution >= 0.6 is 12.2 Å². The summed E-state index contributed by atoms with van der Waals surface area (Å²) in [5, 5.41) is 6.95. The van der Waals surface area contributed by atoms with E-state index in [-0.39, 0.29) is 0 Å². The molecule has 2 N–H and O–H groups in total. The third-order valence-corrected chi connectivity index (χ3v) is 2.52. The first-order chi connectivity index (χ1) is 8.02. The Labute approximate surface area is 109 Å². The van der Waals surface area contributed by atoms with Gasteiger partial charge < -0.3 is 15.4 Å². The van der Waals surface area contributed by atoms with Crippen LogP contribution < -0.4 is 15.4 Å². The van der Waals surface area contributed by atoms with E-state index in [0.717, 1.165) is 18.0 Å². The van der Waals surface area contributed by atoms with Crippen molar-refractivity contribution in [1.82, 2.24) is 5.32 Å². The molecule has 0 amide bonds. The molecule has 0 unspecified atom stereocenters. The van der Waals surface area contributed by atoms with Crippen LogP contribution in [0.3, 0.4) is 0 Å². The minimum absolute atomic E-state index is 0.564. The summed E-state index contributed by atoms with van der Waals surface area (Å²) in [6.07, 6.45) is 0. The van der Waals surface area contributed by atoms with Crippen LogP contribution in [0.15, 0.2) is 18.2 Å². The largest absolute Gasteiger partial charge is 0.495 e. The van der Waals surface area contributed by atoms with Gasteiger partial charge in [0, 0.05) is 6.54 Å². The predicted molar refractivity (Wildman–Crippen MR) is 76.8 cm³/mol. The molecule has 0 heterocycles. The van der Waals surface area contributed by atoms with Crippen molar-refractivity contribution in [3.63, 3.8) is 0 Å². The molecule has 0 aliphatic carbocycles. The van der Waals surface area contributed by atoms with E-state index in [4.69, 9.17) is 17.0 Å². The fourth-order valence-corrected chi connectivity index (χ4v) is 1.58. The van der Waals surface area contributed by atoms with Gasteiger partial charge >= 0.3 is 0 Å². The Balaban J connectivity index is 2.66. The fraction of sp³-hybridized carbons (Fsp3) is 0.462. The number of hydrogen-bond acceptors (Lipinski definition) is 2. The fourth-order valence-electron chi connectivity index (χ4n) is 1.38. The van der Waals surface area contributed by atoms with E-state index in [9.17, 15) is 0 Å². The van der Waals surface area contributed by atoms with Gasteiger partial charge in [-0.25, -0.2) is 0 Å². The number of ether oxygens (including phenoxy) is 1. The quantitative estimate of drug-likeness (QED) is 0.807. The second-order valence-electron chi connectivity index (χ2n) is 4.43. The summed E-state index contributed by atoms with van der Waals surface area (Å²) >= 11 is 5.23. The summed E-state index contributed by atoms with van der Waals surface area (Å²) in [5.41, 5.74) is 2.06. The van der Waals surface area contributed by atoms with Crippen molar-refractivity contribution in [2.24, 2.45) is 5.92 Å². The van der Waals surface area contributed by atoms with Crippen molar-refractivity contribution >= 4 is 23.0 Å². The van der Waals surface area contributed by atoms with Crippen molar-refractivity contribution in [3.05, 3.63) is 23.8 Å². The standard InChI is InChI=1S/C13H20N2OS/c1-9(2)8-14-13(17)15-11-7-10(3)5-6-12(11)16-4/h5-7,9H,8H2,1-4H3,(H2,14,15,17). The van der Waals surface area contributed by atoms with Gasteiger partial charge in [0.2, 0.25) is 0 Å². The Kier molecular flexibility index (Phi) is 5.22. The van der Waals surface area contributed by atoms with Gasteiger partial charge in [-0.3, -0.25) is 0 Å². The number of aryl methyl sites for hydroxylation is 1. The summed E-state index contributed by atoms with van der Waals surface area (Å²) in [7, 11) is 1.65. The average molecular weight is 252 g/mol. The van der Waals surface area contributed by atoms with Gasteiger partial charge in [0.15, 0.2) is 5.11 Å². The predicted octanol–water partition coefficient (Wildman–Crippen LogP) is 2.95. The molecule has 0 fully saturated rings. The second-order valence-corrected chi connectivity index (χ2v) is 4.84. The van der Waals surface area contributed by atoms with Gasteiger partial charge in [0.1, 0.15) is 5.75 Å². The lowest BCUT2D eigenvalue weighted by Gasteiger charge is -2.15. The summed E-state index contributed by atoms with van der Waals surface area (Å²) < 4.78 is 5.28. The van der Waals surface area contributed by atoms with Gasteiger partial charge in [-0.15, -0.1) is 0 Å². The van der Waals surface area contributed by atoms with Crippen LogP contribution in [-0.4, -0.2) is 18.8 Å². The topological polar surface area (TPSA) is 33.3 Å². The van der Waals surface area contributed by atoms with Crippen molar-refractivity contribution < 1.29 is 4.74 Å². The van der Waals surface area contributed by atoms with Gasteiger partial charge in [0.25, 0.3) is 0 Å². The maximum atomic E-state index is 5.28. The number of thiocarbonyl (C=S) groups is 1. The number of nitrogens with one attached hydrogen (secondary N) is 2. The van der Waals surface area contributed by atoms with Crippen molar-refractivity contribution in [1.29, 1.82) is 0 Å². The van der Waals surface area contributed by atoms with Crippen LogP contribution in [-0.2, 0) is 0 Å². The zero-order chi connectivity index (χ0) is 12.8. The summed E-state index contributed by atoms with van der Waals surface area (Å²) in [6.45, 7) is 7.18. The minimum atomic E-state index is 0.564. The molecule has 0 atom stereocenters. The third-order valence-electron chi connectivity index (χ3n) is 2.27. The molecule has 0 saturated heterocycles. The molecule has 94 valence electrons. The van der Waals surface area contributed by atoms with Crippen LogP contribution in [0.2, 0.25) is 0 Å². The monoisotopic (exact) mass is 252 g/mol. The first kappa shape index (κ1) is 13.8. The van der Waals surface area contributed by atoms with E-state index in [1.807, 2.05) is 25.1 Å². The van der Waals surface area contributed by atoms with Gasteiger partial charge in [-0.2, -0.15) is 0 Å². The number of benzene rings is 1. The Morgan fingerprint density at radius 1 is 1.41 bits per heavy atom. The zero-order valence-corrected chi connectivity index (χ0v) is 11.6. The normalized spacial score (nSPS) is 10.2. The lowest BCUT2D eigenvalue weighted by atomic mass is 10.2. The Hall–Kier alpha value is -1.29. The minimum Gasteiger partial charge on any atom is -0.495 e. The van der Waals surface area contributed by atoms with Crippen molar-refractivity contribution in [2.75, 3.05) is 19.0 Å². The maximum Gasteiger partial charge on any atom is 0.170 e. The van der Waals surface area contributed by atoms with E-state index in [1.54, 1.807) is 7.11 Å². The molecule has 0 aromatic heterocycles. The van der Waals surface area contributed by atoms with Crippen molar-refractivity contribution in [2.45, 2.75) is 20.8 Å². The molecule has 1 aromatic rings. The molecule has 1 rings (SSSR count). The molecule has 1 aromatic carbocycles. The maximum absolute atomic E-state index is 5.28. The lowest BCUT2D eigenvalue weighted by Crippen LogP contribution is -2.31. The van der Waals surface area contributed by atoms with Gasteiger partial charge in [0.05, 0.1) is 12.8 Å². The number of rotatable bonds is 4. The van der Waals surface area contributed by atoms with Gasteiger partial charge in [-0.1, -0.05) is 19.9 Å². The third kappa shape index (κ3) is 4.61. The summed E-state index contributed by atoms with van der Waals surface area (Å²) in [4.78, 5) is 0. The summed E-state index contributed by atoms with van der Waals surface area (Å²) in [6, 6.07) is 5.96. The molecule has 17 heavy (non-hydrogen) atoms. The van der Waals surface area contributed by atoms with E-state index in [2.05, 4.69) is 24.5 Å². The number of methoxy groups -OCH3 is 1. The molecular formula is C13H20N2OS. The van der Waals surface area contributed by atoms with Crippen LogP contribution in [0, 0.1) is 12.8 Å². The van der Waals surface area contributed by atoms with E-state index in [0.29, 0.717) is 11.0 Å². The SMILES string of the molecule is COc1ccc(C)cc1NC(=S)NCC(C)C. The number of anilines is 1. The first-order valence-electron chi connectivity index (χ1n) is 5.72. The Morgan fingerprint density at radius 2 is 2.12 bits per heavy atom. The lowest BCUT2D eigenvalue weighted by molar-refractivity contribution is 0.417. The van der Waals surface area contributed by atoms with E-state index < -0.39 is 0 Å². The summed E-state index contributed by atoms with van der Waals surface area (Å²) in [5.74, 6) is 1.36. The molecule has 0 aliphatic heterocycles. The molecule has 0 aliphatic rings. The molecule has 4 heteroatoms. The molecule has 3 nitrogen and oxygen atoms in total. The molecule has 0 spiro atoms. The highest BCUT2D eigenvalue weighted by atomic mass is 32.1. The molecule has 0 saturated carbocycles. The van der Waals surface area contributed by atoms with Crippen LogP contribution in [0.4, 0.5) is 5.69 Å². The zero-order valence-electron chi connectivity index (χ0n) is 10.8.